The molecule has 15 heavy (non-hydrogen) atoms. The third kappa shape index (κ3) is 4.65. The zero-order valence-corrected chi connectivity index (χ0v) is 9.75. The summed E-state index contributed by atoms with van der Waals surface area (Å²) in [5.41, 5.74) is 0. The average molecular weight is 208 g/mol. The summed E-state index contributed by atoms with van der Waals surface area (Å²) < 4.78 is 0. The van der Waals surface area contributed by atoms with E-state index in [4.69, 9.17) is 0 Å². The first kappa shape index (κ1) is 11.8. The quantitative estimate of drug-likeness (QED) is 0.695. The largest absolute Gasteiger partial charge is 0.373 e. The first-order chi connectivity index (χ1) is 7.22. The highest BCUT2D eigenvalue weighted by atomic mass is 15.1. The van der Waals surface area contributed by atoms with Crippen LogP contribution in [0.15, 0.2) is 18.2 Å². The van der Waals surface area contributed by atoms with Gasteiger partial charge in [0.1, 0.15) is 11.6 Å². The van der Waals surface area contributed by atoms with Gasteiger partial charge in [-0.15, -0.1) is 0 Å². The normalized spacial score (nSPS) is 10.4. The summed E-state index contributed by atoms with van der Waals surface area (Å²) in [6.07, 6.45) is 1.12. The molecule has 1 aromatic rings. The third-order valence-corrected chi connectivity index (χ3v) is 2.09. The number of aromatic nitrogens is 1. The number of anilines is 2. The molecule has 1 heterocycles. The van der Waals surface area contributed by atoms with Gasteiger partial charge in [-0.05, 0) is 39.2 Å². The molecule has 0 aliphatic heterocycles. The Bertz CT molecular complexity index is 286. The predicted octanol–water partition coefficient (Wildman–Crippen LogP) is 1.49. The maximum atomic E-state index is 4.37. The van der Waals surface area contributed by atoms with Gasteiger partial charge in [0.2, 0.25) is 0 Å². The van der Waals surface area contributed by atoms with Crippen molar-refractivity contribution >= 4 is 11.6 Å². The molecule has 0 aromatic carbocycles. The third-order valence-electron chi connectivity index (χ3n) is 2.09. The van der Waals surface area contributed by atoms with Crippen LogP contribution < -0.4 is 10.6 Å². The number of hydrogen-bond donors (Lipinski definition) is 2. The highest BCUT2D eigenvalue weighted by Crippen LogP contribution is 2.07. The molecule has 2 N–H and O–H groups in total. The molecule has 0 atom stereocenters. The second-order valence-electron chi connectivity index (χ2n) is 3.74. The van der Waals surface area contributed by atoms with Gasteiger partial charge in [-0.3, -0.25) is 0 Å². The summed E-state index contributed by atoms with van der Waals surface area (Å²) >= 11 is 0. The summed E-state index contributed by atoms with van der Waals surface area (Å²) in [7, 11) is 6.04. The van der Waals surface area contributed by atoms with Gasteiger partial charge in [0.25, 0.3) is 0 Å². The molecule has 0 spiro atoms. The van der Waals surface area contributed by atoms with Crippen LogP contribution >= 0.6 is 0 Å². The lowest BCUT2D eigenvalue weighted by molar-refractivity contribution is 0.405. The van der Waals surface area contributed by atoms with Crippen LogP contribution in [0.2, 0.25) is 0 Å². The van der Waals surface area contributed by atoms with Crippen molar-refractivity contribution in [2.24, 2.45) is 0 Å². The van der Waals surface area contributed by atoms with E-state index in [1.54, 1.807) is 0 Å². The van der Waals surface area contributed by atoms with Crippen LogP contribution in [0.1, 0.15) is 6.42 Å². The summed E-state index contributed by atoms with van der Waals surface area (Å²) in [4.78, 5) is 6.55. The van der Waals surface area contributed by atoms with E-state index in [0.29, 0.717) is 0 Å². The minimum atomic E-state index is 0.896. The number of pyridine rings is 1. The molecule has 0 aliphatic rings. The second-order valence-corrected chi connectivity index (χ2v) is 3.74. The molecule has 1 rings (SSSR count). The van der Waals surface area contributed by atoms with Crippen LogP contribution in [-0.2, 0) is 0 Å². The first-order valence-corrected chi connectivity index (χ1v) is 5.26. The van der Waals surface area contributed by atoms with Crippen molar-refractivity contribution in [3.05, 3.63) is 18.2 Å². The second kappa shape index (κ2) is 6.24. The SMILES string of the molecule is CNc1cccc(NCCCN(C)C)n1. The van der Waals surface area contributed by atoms with E-state index in [2.05, 4.69) is 34.6 Å². The molecule has 0 radical (unpaired) electrons. The monoisotopic (exact) mass is 208 g/mol. The van der Waals surface area contributed by atoms with Crippen molar-refractivity contribution in [1.29, 1.82) is 0 Å². The van der Waals surface area contributed by atoms with Gasteiger partial charge in [0.05, 0.1) is 0 Å². The van der Waals surface area contributed by atoms with Crippen molar-refractivity contribution in [3.8, 4) is 0 Å². The molecule has 84 valence electrons. The maximum Gasteiger partial charge on any atom is 0.128 e. The van der Waals surface area contributed by atoms with Crippen molar-refractivity contribution in [3.63, 3.8) is 0 Å². The Hall–Kier alpha value is -1.29. The van der Waals surface area contributed by atoms with Gasteiger partial charge in [0.15, 0.2) is 0 Å². The van der Waals surface area contributed by atoms with E-state index >= 15 is 0 Å². The van der Waals surface area contributed by atoms with Crippen LogP contribution in [0.4, 0.5) is 11.6 Å². The minimum absolute atomic E-state index is 0.896. The van der Waals surface area contributed by atoms with Crippen LogP contribution in [0, 0.1) is 0 Å². The Balaban J connectivity index is 2.30. The molecule has 0 amide bonds. The Morgan fingerprint density at radius 1 is 1.27 bits per heavy atom. The van der Waals surface area contributed by atoms with E-state index in [-0.39, 0.29) is 0 Å². The molecular weight excluding hydrogens is 188 g/mol. The number of rotatable bonds is 6. The molecule has 0 saturated heterocycles. The summed E-state index contributed by atoms with van der Waals surface area (Å²) in [6, 6.07) is 5.93. The number of hydrogen-bond acceptors (Lipinski definition) is 4. The van der Waals surface area contributed by atoms with Crippen LogP contribution in [0.5, 0.6) is 0 Å². The van der Waals surface area contributed by atoms with E-state index < -0.39 is 0 Å². The zero-order chi connectivity index (χ0) is 11.1. The van der Waals surface area contributed by atoms with Crippen molar-refractivity contribution in [1.82, 2.24) is 9.88 Å². The van der Waals surface area contributed by atoms with E-state index in [1.165, 1.54) is 0 Å². The highest BCUT2D eigenvalue weighted by molar-refractivity contribution is 5.44. The first-order valence-electron chi connectivity index (χ1n) is 5.26. The lowest BCUT2D eigenvalue weighted by Gasteiger charge is -2.10. The zero-order valence-electron chi connectivity index (χ0n) is 9.75. The maximum absolute atomic E-state index is 4.37. The fourth-order valence-electron chi connectivity index (χ4n) is 1.28. The Morgan fingerprint density at radius 3 is 2.67 bits per heavy atom. The van der Waals surface area contributed by atoms with Crippen LogP contribution in [0.25, 0.3) is 0 Å². The van der Waals surface area contributed by atoms with Crippen molar-refractivity contribution in [2.75, 3.05) is 44.9 Å². The average Bonchev–Trinajstić information content (AvgIpc) is 2.24. The smallest absolute Gasteiger partial charge is 0.128 e. The number of nitrogens with zero attached hydrogens (tertiary/aromatic N) is 2. The summed E-state index contributed by atoms with van der Waals surface area (Å²) in [5, 5.41) is 6.31. The van der Waals surface area contributed by atoms with Crippen molar-refractivity contribution < 1.29 is 0 Å². The van der Waals surface area contributed by atoms with Crippen LogP contribution in [-0.4, -0.2) is 44.1 Å². The molecular formula is C11H20N4. The lowest BCUT2D eigenvalue weighted by Crippen LogP contribution is -2.16. The Morgan fingerprint density at radius 2 is 2.00 bits per heavy atom. The van der Waals surface area contributed by atoms with E-state index in [0.717, 1.165) is 31.1 Å². The van der Waals surface area contributed by atoms with Gasteiger partial charge >= 0.3 is 0 Å². The lowest BCUT2D eigenvalue weighted by atomic mass is 10.4. The standard InChI is InChI=1S/C11H20N4/c1-12-10-6-4-7-11(14-10)13-8-5-9-15(2)3/h4,6-7H,5,8-9H2,1-3H3,(H2,12,13,14). The minimum Gasteiger partial charge on any atom is -0.373 e. The van der Waals surface area contributed by atoms with E-state index in [9.17, 15) is 0 Å². The Labute approximate surface area is 91.7 Å². The topological polar surface area (TPSA) is 40.2 Å². The molecule has 0 aliphatic carbocycles. The molecule has 0 bridgehead atoms. The molecule has 4 nitrogen and oxygen atoms in total. The fourth-order valence-corrected chi connectivity index (χ4v) is 1.28. The van der Waals surface area contributed by atoms with Gasteiger partial charge in [-0.2, -0.15) is 0 Å². The fraction of sp³-hybridized carbons (Fsp3) is 0.545. The van der Waals surface area contributed by atoms with E-state index in [1.807, 2.05) is 25.2 Å². The number of nitrogens with one attached hydrogen (secondary N) is 2. The molecule has 1 aromatic heterocycles. The molecule has 0 saturated carbocycles. The highest BCUT2D eigenvalue weighted by Gasteiger charge is 1.95. The molecule has 0 fully saturated rings. The molecule has 4 heteroatoms. The van der Waals surface area contributed by atoms with Crippen molar-refractivity contribution in [2.45, 2.75) is 6.42 Å². The summed E-state index contributed by atoms with van der Waals surface area (Å²) in [5.74, 6) is 1.83. The molecule has 0 unspecified atom stereocenters. The Kier molecular flexibility index (Phi) is 4.90. The van der Waals surface area contributed by atoms with Gasteiger partial charge in [0, 0.05) is 13.6 Å². The summed E-state index contributed by atoms with van der Waals surface area (Å²) in [6.45, 7) is 2.05. The van der Waals surface area contributed by atoms with Gasteiger partial charge in [-0.25, -0.2) is 4.98 Å². The van der Waals surface area contributed by atoms with Gasteiger partial charge < -0.3 is 15.5 Å². The predicted molar refractivity (Wildman–Crippen MR) is 65.4 cm³/mol. The van der Waals surface area contributed by atoms with Crippen LogP contribution in [0.3, 0.4) is 0 Å². The van der Waals surface area contributed by atoms with Gasteiger partial charge in [-0.1, -0.05) is 6.07 Å².